The van der Waals surface area contributed by atoms with Gasteiger partial charge in [0.05, 0.1) is 17.5 Å². The maximum atomic E-state index is 5.17. The minimum atomic E-state index is -0.141. The van der Waals surface area contributed by atoms with Crippen molar-refractivity contribution in [2.45, 2.75) is 19.4 Å². The second-order valence-corrected chi connectivity index (χ2v) is 5.20. The number of nitrogens with one attached hydrogen (secondary N) is 1. The Morgan fingerprint density at radius 3 is 3.00 bits per heavy atom. The van der Waals surface area contributed by atoms with Gasteiger partial charge < -0.3 is 10.1 Å². The van der Waals surface area contributed by atoms with E-state index in [9.17, 15) is 0 Å². The summed E-state index contributed by atoms with van der Waals surface area (Å²) in [5, 5.41) is 6.47. The number of thiophene rings is 1. The summed E-state index contributed by atoms with van der Waals surface area (Å²) >= 11 is 1.62. The van der Waals surface area contributed by atoms with Crippen LogP contribution in [0.15, 0.2) is 17.8 Å². The summed E-state index contributed by atoms with van der Waals surface area (Å²) in [6.45, 7) is 4.79. The summed E-state index contributed by atoms with van der Waals surface area (Å²) in [6, 6.07) is 2.03. The SMILES string of the molecule is COCC(C)(C)Nc1ncnc2sccc12. The molecular formula is C11H15N3OS. The third-order valence-corrected chi connectivity index (χ3v) is 3.04. The fraction of sp³-hybridized carbons (Fsp3) is 0.455. The Morgan fingerprint density at radius 2 is 2.25 bits per heavy atom. The Balaban J connectivity index is 2.30. The van der Waals surface area contributed by atoms with Crippen LogP contribution in [0.5, 0.6) is 0 Å². The van der Waals surface area contributed by atoms with Gasteiger partial charge in [0.2, 0.25) is 0 Å². The highest BCUT2D eigenvalue weighted by Crippen LogP contribution is 2.25. The number of hydrogen-bond donors (Lipinski definition) is 1. The molecule has 16 heavy (non-hydrogen) atoms. The highest BCUT2D eigenvalue weighted by molar-refractivity contribution is 7.16. The van der Waals surface area contributed by atoms with Crippen molar-refractivity contribution < 1.29 is 4.74 Å². The van der Waals surface area contributed by atoms with Crippen LogP contribution in [0.4, 0.5) is 5.82 Å². The Hall–Kier alpha value is -1.20. The summed E-state index contributed by atoms with van der Waals surface area (Å²) in [4.78, 5) is 9.49. The number of rotatable bonds is 4. The molecule has 2 rings (SSSR count). The lowest BCUT2D eigenvalue weighted by Gasteiger charge is -2.26. The highest BCUT2D eigenvalue weighted by atomic mass is 32.1. The minimum absolute atomic E-state index is 0.141. The number of methoxy groups -OCH3 is 1. The second-order valence-electron chi connectivity index (χ2n) is 4.30. The van der Waals surface area contributed by atoms with Gasteiger partial charge in [0.25, 0.3) is 0 Å². The first-order chi connectivity index (χ1) is 7.62. The standard InChI is InChI=1S/C11H15N3OS/c1-11(2,6-15-3)14-9-8-4-5-16-10(8)13-7-12-9/h4-5,7H,6H2,1-3H3,(H,12,13,14). The first-order valence-electron chi connectivity index (χ1n) is 5.08. The van der Waals surface area contributed by atoms with Crippen molar-refractivity contribution in [3.8, 4) is 0 Å². The third kappa shape index (κ3) is 2.31. The molecule has 0 aromatic carbocycles. The van der Waals surface area contributed by atoms with E-state index in [2.05, 4.69) is 29.1 Å². The van der Waals surface area contributed by atoms with Crippen molar-refractivity contribution in [3.63, 3.8) is 0 Å². The van der Waals surface area contributed by atoms with E-state index >= 15 is 0 Å². The average molecular weight is 237 g/mol. The molecule has 2 heterocycles. The van der Waals surface area contributed by atoms with Crippen LogP contribution in [-0.4, -0.2) is 29.2 Å². The van der Waals surface area contributed by atoms with E-state index in [-0.39, 0.29) is 5.54 Å². The highest BCUT2D eigenvalue weighted by Gasteiger charge is 2.19. The van der Waals surface area contributed by atoms with Crippen LogP contribution in [0.2, 0.25) is 0 Å². The summed E-state index contributed by atoms with van der Waals surface area (Å²) in [5.74, 6) is 0.869. The number of hydrogen-bond acceptors (Lipinski definition) is 5. The second kappa shape index (κ2) is 4.35. The first kappa shape index (κ1) is 11.3. The van der Waals surface area contributed by atoms with Crippen molar-refractivity contribution in [2.24, 2.45) is 0 Å². The van der Waals surface area contributed by atoms with Crippen LogP contribution in [0.25, 0.3) is 10.2 Å². The van der Waals surface area contributed by atoms with E-state index in [1.807, 2.05) is 11.4 Å². The topological polar surface area (TPSA) is 47.0 Å². The number of aromatic nitrogens is 2. The van der Waals surface area contributed by atoms with Gasteiger partial charge in [0, 0.05) is 7.11 Å². The molecule has 0 saturated heterocycles. The molecule has 0 aliphatic rings. The number of fused-ring (bicyclic) bond motifs is 1. The van der Waals surface area contributed by atoms with Gasteiger partial charge in [-0.1, -0.05) is 0 Å². The quantitative estimate of drug-likeness (QED) is 0.887. The van der Waals surface area contributed by atoms with E-state index < -0.39 is 0 Å². The van der Waals surface area contributed by atoms with E-state index in [4.69, 9.17) is 4.74 Å². The van der Waals surface area contributed by atoms with Crippen LogP contribution in [-0.2, 0) is 4.74 Å². The molecule has 0 saturated carbocycles. The molecule has 2 aromatic rings. The fourth-order valence-corrected chi connectivity index (χ4v) is 2.34. The molecule has 0 radical (unpaired) electrons. The lowest BCUT2D eigenvalue weighted by molar-refractivity contribution is 0.158. The van der Waals surface area contributed by atoms with E-state index in [1.54, 1.807) is 24.8 Å². The van der Waals surface area contributed by atoms with Crippen molar-refractivity contribution in [1.82, 2.24) is 9.97 Å². The Bertz CT molecular complexity index is 481. The van der Waals surface area contributed by atoms with Crippen LogP contribution in [0.1, 0.15) is 13.8 Å². The number of anilines is 1. The lowest BCUT2D eigenvalue weighted by Crippen LogP contribution is -2.36. The van der Waals surface area contributed by atoms with Gasteiger partial charge in [0.1, 0.15) is 17.0 Å². The Kier molecular flexibility index (Phi) is 3.07. The van der Waals surface area contributed by atoms with Crippen molar-refractivity contribution in [1.29, 1.82) is 0 Å². The molecule has 0 atom stereocenters. The minimum Gasteiger partial charge on any atom is -0.382 e. The molecule has 0 unspecified atom stereocenters. The van der Waals surface area contributed by atoms with Gasteiger partial charge in [-0.15, -0.1) is 11.3 Å². The van der Waals surface area contributed by atoms with E-state index in [0.717, 1.165) is 16.0 Å². The molecule has 0 bridgehead atoms. The smallest absolute Gasteiger partial charge is 0.138 e. The maximum Gasteiger partial charge on any atom is 0.138 e. The zero-order valence-electron chi connectivity index (χ0n) is 9.65. The molecule has 0 aliphatic heterocycles. The van der Waals surface area contributed by atoms with Gasteiger partial charge in [-0.25, -0.2) is 9.97 Å². The molecule has 0 aliphatic carbocycles. The summed E-state index contributed by atoms with van der Waals surface area (Å²) in [5.41, 5.74) is -0.141. The summed E-state index contributed by atoms with van der Waals surface area (Å²) < 4.78 is 5.17. The molecule has 86 valence electrons. The van der Waals surface area contributed by atoms with Crippen molar-refractivity contribution >= 4 is 27.4 Å². The van der Waals surface area contributed by atoms with Crippen LogP contribution < -0.4 is 5.32 Å². The summed E-state index contributed by atoms with van der Waals surface area (Å²) in [7, 11) is 1.70. The number of ether oxygens (including phenoxy) is 1. The predicted octanol–water partition coefficient (Wildman–Crippen LogP) is 2.53. The van der Waals surface area contributed by atoms with Crippen molar-refractivity contribution in [2.75, 3.05) is 19.0 Å². The van der Waals surface area contributed by atoms with Crippen LogP contribution in [0, 0.1) is 0 Å². The predicted molar refractivity (Wildman–Crippen MR) is 67.0 cm³/mol. The lowest BCUT2D eigenvalue weighted by atomic mass is 10.1. The molecule has 2 aromatic heterocycles. The van der Waals surface area contributed by atoms with Gasteiger partial charge in [-0.3, -0.25) is 0 Å². The van der Waals surface area contributed by atoms with E-state index in [0.29, 0.717) is 6.61 Å². The fourth-order valence-electron chi connectivity index (χ4n) is 1.61. The average Bonchev–Trinajstić information content (AvgIpc) is 2.65. The Labute approximate surface area is 98.7 Å². The first-order valence-corrected chi connectivity index (χ1v) is 5.96. The Morgan fingerprint density at radius 1 is 1.44 bits per heavy atom. The van der Waals surface area contributed by atoms with Gasteiger partial charge in [0.15, 0.2) is 0 Å². The van der Waals surface area contributed by atoms with Crippen molar-refractivity contribution in [3.05, 3.63) is 17.8 Å². The number of nitrogens with zero attached hydrogens (tertiary/aromatic N) is 2. The normalized spacial score (nSPS) is 11.9. The van der Waals surface area contributed by atoms with Gasteiger partial charge >= 0.3 is 0 Å². The molecule has 1 N–H and O–H groups in total. The zero-order valence-corrected chi connectivity index (χ0v) is 10.5. The molecular weight excluding hydrogens is 222 g/mol. The largest absolute Gasteiger partial charge is 0.382 e. The third-order valence-electron chi connectivity index (χ3n) is 2.22. The van der Waals surface area contributed by atoms with Gasteiger partial charge in [-0.05, 0) is 25.3 Å². The van der Waals surface area contributed by atoms with Crippen LogP contribution in [0.3, 0.4) is 0 Å². The monoisotopic (exact) mass is 237 g/mol. The molecule has 0 fully saturated rings. The molecule has 0 amide bonds. The maximum absolute atomic E-state index is 5.17. The molecule has 0 spiro atoms. The zero-order chi connectivity index (χ0) is 11.6. The van der Waals surface area contributed by atoms with Gasteiger partial charge in [-0.2, -0.15) is 0 Å². The molecule has 4 nitrogen and oxygen atoms in total. The van der Waals surface area contributed by atoms with E-state index in [1.165, 1.54) is 0 Å². The van der Waals surface area contributed by atoms with Crippen LogP contribution >= 0.6 is 11.3 Å². The molecule has 5 heteroatoms. The summed E-state index contributed by atoms with van der Waals surface area (Å²) in [6.07, 6.45) is 1.59.